The molecule has 0 aromatic heterocycles. The molecule has 0 bridgehead atoms. The third-order valence-corrected chi connectivity index (χ3v) is 6.09. The number of carbonyl (C=O) groups excluding carboxylic acids is 1. The number of amides is 1. The normalized spacial score (nSPS) is 11.4. The molecule has 0 radical (unpaired) electrons. The second-order valence-corrected chi connectivity index (χ2v) is 8.74. The van der Waals surface area contributed by atoms with Gasteiger partial charge >= 0.3 is 0 Å². The summed E-state index contributed by atoms with van der Waals surface area (Å²) in [6.45, 7) is 1.49. The lowest BCUT2D eigenvalue weighted by Gasteiger charge is -2.17. The molecule has 2 aromatic carbocycles. The monoisotopic (exact) mass is 474 g/mol. The lowest BCUT2D eigenvalue weighted by Crippen LogP contribution is -2.35. The molecule has 0 aliphatic rings. The van der Waals surface area contributed by atoms with Crippen molar-refractivity contribution < 1.29 is 17.9 Å². The predicted octanol–water partition coefficient (Wildman–Crippen LogP) is 2.87. The number of rotatable bonds is 6. The van der Waals surface area contributed by atoms with Crippen LogP contribution in [0.2, 0.25) is 0 Å². The number of carbonyl (C=O) groups is 1. The zero-order valence-corrected chi connectivity index (χ0v) is 17.1. The van der Waals surface area contributed by atoms with Gasteiger partial charge in [-0.1, -0.05) is 0 Å². The first-order valence-electron chi connectivity index (χ1n) is 7.40. The number of nitrogens with one attached hydrogen (secondary N) is 1. The van der Waals surface area contributed by atoms with Gasteiger partial charge < -0.3 is 10.1 Å². The lowest BCUT2D eigenvalue weighted by molar-refractivity contribution is -0.116. The quantitative estimate of drug-likeness (QED) is 0.654. The molecule has 0 aliphatic heterocycles. The van der Waals surface area contributed by atoms with Crippen molar-refractivity contribution in [2.45, 2.75) is 11.8 Å². The van der Waals surface area contributed by atoms with Gasteiger partial charge in [-0.3, -0.25) is 4.79 Å². The fraction of sp³-hybridized carbons (Fsp3) is 0.235. The molecule has 0 spiro atoms. The molecule has 0 heterocycles. The summed E-state index contributed by atoms with van der Waals surface area (Å²) in [6, 6.07) is 11.8. The van der Waals surface area contributed by atoms with Crippen LogP contribution < -0.4 is 10.1 Å². The maximum Gasteiger partial charge on any atom is 0.243 e. The highest BCUT2D eigenvalue weighted by atomic mass is 127. The second-order valence-electron chi connectivity index (χ2n) is 5.45. The van der Waals surface area contributed by atoms with Crippen LogP contribution in [0.3, 0.4) is 0 Å². The van der Waals surface area contributed by atoms with Crippen LogP contribution in [0.1, 0.15) is 5.56 Å². The molecular formula is C17H19IN2O4S. The van der Waals surface area contributed by atoms with Crippen LogP contribution in [-0.2, 0) is 14.8 Å². The zero-order valence-electron chi connectivity index (χ0n) is 14.1. The Labute approximate surface area is 161 Å². The lowest BCUT2D eigenvalue weighted by atomic mass is 10.2. The molecular weight excluding hydrogens is 455 g/mol. The Morgan fingerprint density at radius 3 is 2.40 bits per heavy atom. The number of sulfonamides is 1. The zero-order chi connectivity index (χ0) is 18.6. The Morgan fingerprint density at radius 2 is 1.84 bits per heavy atom. The van der Waals surface area contributed by atoms with E-state index in [2.05, 4.69) is 27.9 Å². The van der Waals surface area contributed by atoms with Crippen LogP contribution >= 0.6 is 22.6 Å². The van der Waals surface area contributed by atoms with E-state index in [0.29, 0.717) is 17.0 Å². The highest BCUT2D eigenvalue weighted by Gasteiger charge is 2.23. The van der Waals surface area contributed by atoms with Crippen molar-refractivity contribution in [1.29, 1.82) is 0 Å². The average Bonchev–Trinajstić information content (AvgIpc) is 2.56. The summed E-state index contributed by atoms with van der Waals surface area (Å²) in [5.74, 6) is 0.204. The number of hydrogen-bond acceptors (Lipinski definition) is 4. The van der Waals surface area contributed by atoms with Crippen molar-refractivity contribution in [3.05, 3.63) is 51.6 Å². The topological polar surface area (TPSA) is 75.7 Å². The number of nitrogens with zero attached hydrogens (tertiary/aromatic N) is 1. The molecule has 1 amide bonds. The van der Waals surface area contributed by atoms with Gasteiger partial charge in [-0.2, -0.15) is 4.31 Å². The van der Waals surface area contributed by atoms with E-state index >= 15 is 0 Å². The van der Waals surface area contributed by atoms with Crippen molar-refractivity contribution in [2.75, 3.05) is 26.0 Å². The smallest absolute Gasteiger partial charge is 0.243 e. The van der Waals surface area contributed by atoms with Crippen LogP contribution in [0.5, 0.6) is 5.75 Å². The van der Waals surface area contributed by atoms with Crippen LogP contribution in [0.25, 0.3) is 0 Å². The maximum absolute atomic E-state index is 12.6. The minimum Gasteiger partial charge on any atom is -0.496 e. The third kappa shape index (κ3) is 4.93. The number of likely N-dealkylation sites (N-methyl/N-ethyl adjacent to an activating group) is 1. The molecule has 25 heavy (non-hydrogen) atoms. The molecule has 0 atom stereocenters. The standard InChI is InChI=1S/C17H19IN2O4S/c1-12-10-15(8-9-16(12)24-3)25(22,23)20(2)11-17(21)19-14-6-4-13(18)5-7-14/h4-10H,11H2,1-3H3,(H,19,21). The van der Waals surface area contributed by atoms with E-state index in [4.69, 9.17) is 4.74 Å². The van der Waals surface area contributed by atoms with Gasteiger partial charge in [0.25, 0.3) is 0 Å². The number of halogens is 1. The Kier molecular flexibility index (Phi) is 6.42. The fourth-order valence-electron chi connectivity index (χ4n) is 2.21. The molecule has 2 rings (SSSR count). The summed E-state index contributed by atoms with van der Waals surface area (Å²) < 4.78 is 32.5. The van der Waals surface area contributed by atoms with E-state index in [9.17, 15) is 13.2 Å². The summed E-state index contributed by atoms with van der Waals surface area (Å²) in [4.78, 5) is 12.2. The van der Waals surface area contributed by atoms with Crippen LogP contribution in [0, 0.1) is 10.5 Å². The number of ether oxygens (including phenoxy) is 1. The van der Waals surface area contributed by atoms with Gasteiger partial charge in [-0.05, 0) is 77.5 Å². The van der Waals surface area contributed by atoms with Gasteiger partial charge in [0.1, 0.15) is 5.75 Å². The number of methoxy groups -OCH3 is 1. The van der Waals surface area contributed by atoms with E-state index < -0.39 is 15.9 Å². The van der Waals surface area contributed by atoms with Crippen molar-refractivity contribution in [1.82, 2.24) is 4.31 Å². The summed E-state index contributed by atoms with van der Waals surface area (Å²) in [5, 5.41) is 2.68. The number of aryl methyl sites for hydroxylation is 1. The average molecular weight is 474 g/mol. The van der Waals surface area contributed by atoms with Gasteiger partial charge in [0.05, 0.1) is 18.6 Å². The van der Waals surface area contributed by atoms with E-state index in [1.54, 1.807) is 25.1 Å². The fourth-order valence-corrected chi connectivity index (χ4v) is 3.78. The van der Waals surface area contributed by atoms with Gasteiger partial charge in [0.2, 0.25) is 15.9 Å². The van der Waals surface area contributed by atoms with Crippen LogP contribution in [0.4, 0.5) is 5.69 Å². The molecule has 0 saturated carbocycles. The van der Waals surface area contributed by atoms with E-state index in [-0.39, 0.29) is 11.4 Å². The van der Waals surface area contributed by atoms with Gasteiger partial charge in [0, 0.05) is 16.3 Å². The highest BCUT2D eigenvalue weighted by Crippen LogP contribution is 2.23. The number of hydrogen-bond donors (Lipinski definition) is 1. The first kappa shape index (κ1) is 19.7. The van der Waals surface area contributed by atoms with E-state index in [1.165, 1.54) is 26.3 Å². The van der Waals surface area contributed by atoms with Gasteiger partial charge in [-0.25, -0.2) is 8.42 Å². The molecule has 134 valence electrons. The molecule has 0 unspecified atom stereocenters. The first-order valence-corrected chi connectivity index (χ1v) is 9.92. The third-order valence-electron chi connectivity index (χ3n) is 3.57. The summed E-state index contributed by atoms with van der Waals surface area (Å²) in [6.07, 6.45) is 0. The molecule has 6 nitrogen and oxygen atoms in total. The Balaban J connectivity index is 2.10. The Morgan fingerprint density at radius 1 is 1.20 bits per heavy atom. The summed E-state index contributed by atoms with van der Waals surface area (Å²) in [5.41, 5.74) is 1.33. The molecule has 8 heteroatoms. The van der Waals surface area contributed by atoms with Crippen LogP contribution in [0.15, 0.2) is 47.4 Å². The van der Waals surface area contributed by atoms with Crippen molar-refractivity contribution in [2.24, 2.45) is 0 Å². The Hall–Kier alpha value is -1.65. The summed E-state index contributed by atoms with van der Waals surface area (Å²) in [7, 11) is -0.862. The maximum atomic E-state index is 12.6. The SMILES string of the molecule is COc1ccc(S(=O)(=O)N(C)CC(=O)Nc2ccc(I)cc2)cc1C. The van der Waals surface area contributed by atoms with Gasteiger partial charge in [-0.15, -0.1) is 0 Å². The molecule has 2 aromatic rings. The van der Waals surface area contributed by atoms with Crippen LogP contribution in [-0.4, -0.2) is 39.3 Å². The predicted molar refractivity (Wildman–Crippen MR) is 105 cm³/mol. The molecule has 0 saturated heterocycles. The Bertz CT molecular complexity index is 867. The van der Waals surface area contributed by atoms with E-state index in [0.717, 1.165) is 7.88 Å². The minimum absolute atomic E-state index is 0.121. The van der Waals surface area contributed by atoms with Crippen molar-refractivity contribution in [3.63, 3.8) is 0 Å². The van der Waals surface area contributed by atoms with Crippen molar-refractivity contribution >= 4 is 44.2 Å². The molecule has 0 aliphatic carbocycles. The molecule has 0 fully saturated rings. The van der Waals surface area contributed by atoms with E-state index in [1.807, 2.05) is 12.1 Å². The molecule has 1 N–H and O–H groups in total. The largest absolute Gasteiger partial charge is 0.496 e. The highest BCUT2D eigenvalue weighted by molar-refractivity contribution is 14.1. The van der Waals surface area contributed by atoms with Gasteiger partial charge in [0.15, 0.2) is 0 Å². The first-order chi connectivity index (χ1) is 11.7. The summed E-state index contributed by atoms with van der Waals surface area (Å²) >= 11 is 2.17. The number of benzene rings is 2. The number of anilines is 1. The minimum atomic E-state index is -3.76. The second kappa shape index (κ2) is 8.15. The van der Waals surface area contributed by atoms with Crippen molar-refractivity contribution in [3.8, 4) is 5.75 Å².